The normalized spacial score (nSPS) is 14.6. The highest BCUT2D eigenvalue weighted by Gasteiger charge is 2.94. The second-order valence-corrected chi connectivity index (χ2v) is 6.82. The molecule has 35 heavy (non-hydrogen) atoms. The standard InChI is InChI=1S/C16H15F15O4/c1-2-3-4-5-6-34-8(32)7-9(33)35-16(30,31)14(25,26)12(21,22)10(17,18)11(19,20)13(23,24)15(27,28)29/h2-7H2,1H3. The molecular weight excluding hydrogens is 541 g/mol. The Hall–Kier alpha value is -2.11. The van der Waals surface area contributed by atoms with Crippen LogP contribution in [0.25, 0.3) is 0 Å². The number of alkyl halides is 15. The van der Waals surface area contributed by atoms with Crippen LogP contribution in [0.2, 0.25) is 0 Å². The van der Waals surface area contributed by atoms with Crippen LogP contribution < -0.4 is 0 Å². The van der Waals surface area contributed by atoms with Crippen LogP contribution in [0.4, 0.5) is 65.9 Å². The number of rotatable bonds is 13. The van der Waals surface area contributed by atoms with Gasteiger partial charge in [0.05, 0.1) is 6.61 Å². The molecule has 0 fully saturated rings. The van der Waals surface area contributed by atoms with Crippen LogP contribution in [-0.4, -0.2) is 60.4 Å². The maximum absolute atomic E-state index is 13.5. The van der Waals surface area contributed by atoms with Crippen LogP contribution in [0.5, 0.6) is 0 Å². The Labute approximate surface area is 185 Å². The van der Waals surface area contributed by atoms with Crippen LogP contribution in [0.15, 0.2) is 0 Å². The van der Waals surface area contributed by atoms with Crippen molar-refractivity contribution in [3.05, 3.63) is 0 Å². The van der Waals surface area contributed by atoms with Crippen LogP contribution in [0.3, 0.4) is 0 Å². The first-order valence-electron chi connectivity index (χ1n) is 9.06. The fraction of sp³-hybridized carbons (Fsp3) is 0.875. The zero-order chi connectivity index (χ0) is 28.3. The first kappa shape index (κ1) is 32.9. The number of hydrogen-bond donors (Lipinski definition) is 0. The average Bonchev–Trinajstić information content (AvgIpc) is 2.65. The van der Waals surface area contributed by atoms with E-state index < -0.39 is 66.9 Å². The second kappa shape index (κ2) is 10.5. The lowest BCUT2D eigenvalue weighted by Crippen LogP contribution is -2.73. The molecule has 0 aromatic carbocycles. The summed E-state index contributed by atoms with van der Waals surface area (Å²) in [5, 5.41) is 0. The molecule has 0 N–H and O–H groups in total. The number of esters is 2. The Balaban J connectivity index is 5.75. The minimum absolute atomic E-state index is 0.168. The summed E-state index contributed by atoms with van der Waals surface area (Å²) in [6.45, 7) is 1.34. The number of carbonyl (C=O) groups is 2. The molecule has 0 atom stereocenters. The highest BCUT2D eigenvalue weighted by Crippen LogP contribution is 2.62. The molecule has 0 aliphatic heterocycles. The van der Waals surface area contributed by atoms with Crippen LogP contribution in [0.1, 0.15) is 39.0 Å². The minimum Gasteiger partial charge on any atom is -0.465 e. The van der Waals surface area contributed by atoms with E-state index in [1.165, 1.54) is 0 Å². The van der Waals surface area contributed by atoms with Gasteiger partial charge < -0.3 is 9.47 Å². The summed E-state index contributed by atoms with van der Waals surface area (Å²) in [5.74, 6) is -46.0. The first-order valence-corrected chi connectivity index (χ1v) is 9.06. The first-order chi connectivity index (χ1) is 15.3. The minimum atomic E-state index is -8.50. The lowest BCUT2D eigenvalue weighted by molar-refractivity contribution is -0.468. The number of halogens is 15. The molecule has 0 aliphatic rings. The third kappa shape index (κ3) is 6.18. The van der Waals surface area contributed by atoms with Gasteiger partial charge in [-0.05, 0) is 6.42 Å². The van der Waals surface area contributed by atoms with Gasteiger partial charge in [0, 0.05) is 0 Å². The van der Waals surface area contributed by atoms with Gasteiger partial charge >= 0.3 is 53.8 Å². The van der Waals surface area contributed by atoms with Gasteiger partial charge in [0.2, 0.25) is 0 Å². The van der Waals surface area contributed by atoms with Gasteiger partial charge in [0.1, 0.15) is 6.42 Å². The van der Waals surface area contributed by atoms with E-state index in [4.69, 9.17) is 0 Å². The van der Waals surface area contributed by atoms with E-state index in [9.17, 15) is 75.4 Å². The lowest BCUT2D eigenvalue weighted by Gasteiger charge is -2.40. The summed E-state index contributed by atoms with van der Waals surface area (Å²) >= 11 is 0. The van der Waals surface area contributed by atoms with Gasteiger partial charge in [-0.15, -0.1) is 0 Å². The van der Waals surface area contributed by atoms with Crippen molar-refractivity contribution in [1.82, 2.24) is 0 Å². The monoisotopic (exact) mass is 556 g/mol. The molecule has 0 heterocycles. The maximum atomic E-state index is 13.5. The Morgan fingerprint density at radius 2 is 1.00 bits per heavy atom. The summed E-state index contributed by atoms with van der Waals surface area (Å²) in [6, 6.07) is 0. The number of ether oxygens (including phenoxy) is 2. The number of unbranched alkanes of at least 4 members (excludes halogenated alkanes) is 3. The molecule has 0 aromatic rings. The molecule has 208 valence electrons. The molecule has 4 nitrogen and oxygen atoms in total. The van der Waals surface area contributed by atoms with Crippen LogP contribution >= 0.6 is 0 Å². The molecule has 0 bridgehead atoms. The van der Waals surface area contributed by atoms with Crippen LogP contribution in [-0.2, 0) is 19.1 Å². The van der Waals surface area contributed by atoms with Crippen molar-refractivity contribution in [2.45, 2.75) is 80.9 Å². The SMILES string of the molecule is CCCCCCOC(=O)CC(=O)OC(F)(F)C(F)(F)C(F)(F)C(F)(F)C(F)(F)C(F)(F)C(F)(F)F. The molecule has 0 unspecified atom stereocenters. The van der Waals surface area contributed by atoms with E-state index in [0.717, 1.165) is 0 Å². The predicted molar refractivity (Wildman–Crippen MR) is 81.5 cm³/mol. The number of hydrogen-bond acceptors (Lipinski definition) is 4. The van der Waals surface area contributed by atoms with E-state index >= 15 is 0 Å². The van der Waals surface area contributed by atoms with Crippen molar-refractivity contribution in [3.8, 4) is 0 Å². The largest absolute Gasteiger partial charge is 0.473 e. The lowest BCUT2D eigenvalue weighted by atomic mass is 9.93. The van der Waals surface area contributed by atoms with Gasteiger partial charge in [0.15, 0.2) is 0 Å². The fourth-order valence-corrected chi connectivity index (χ4v) is 2.08. The van der Waals surface area contributed by atoms with E-state index in [1.54, 1.807) is 6.92 Å². The van der Waals surface area contributed by atoms with Crippen LogP contribution in [0, 0.1) is 0 Å². The summed E-state index contributed by atoms with van der Waals surface area (Å²) in [7, 11) is 0. The van der Waals surface area contributed by atoms with Gasteiger partial charge in [0.25, 0.3) is 0 Å². The van der Waals surface area contributed by atoms with Crippen molar-refractivity contribution in [2.24, 2.45) is 0 Å². The van der Waals surface area contributed by atoms with Gasteiger partial charge in [-0.3, -0.25) is 9.59 Å². The third-order valence-electron chi connectivity index (χ3n) is 4.09. The van der Waals surface area contributed by atoms with Crippen molar-refractivity contribution in [1.29, 1.82) is 0 Å². The van der Waals surface area contributed by atoms with Gasteiger partial charge in [-0.25, -0.2) is 0 Å². The Kier molecular flexibility index (Phi) is 9.85. The van der Waals surface area contributed by atoms with E-state index in [1.807, 2.05) is 0 Å². The molecule has 0 amide bonds. The zero-order valence-corrected chi connectivity index (χ0v) is 17.0. The molecule has 0 radical (unpaired) electrons. The molecule has 19 heteroatoms. The maximum Gasteiger partial charge on any atom is 0.473 e. The highest BCUT2D eigenvalue weighted by atomic mass is 19.4. The van der Waals surface area contributed by atoms with Crippen molar-refractivity contribution in [3.63, 3.8) is 0 Å². The summed E-state index contributed by atoms with van der Waals surface area (Å²) < 4.78 is 201. The van der Waals surface area contributed by atoms with E-state index in [0.29, 0.717) is 19.3 Å². The fourth-order valence-electron chi connectivity index (χ4n) is 2.08. The smallest absolute Gasteiger partial charge is 0.465 e. The third-order valence-corrected chi connectivity index (χ3v) is 4.09. The van der Waals surface area contributed by atoms with Crippen molar-refractivity contribution >= 4 is 11.9 Å². The molecule has 0 spiro atoms. The second-order valence-electron chi connectivity index (χ2n) is 6.82. The molecular formula is C16H15F15O4. The molecule has 0 aromatic heterocycles. The highest BCUT2D eigenvalue weighted by molar-refractivity contribution is 5.91. The molecule has 0 aliphatic carbocycles. The summed E-state index contributed by atoms with van der Waals surface area (Å²) in [5.41, 5.74) is 0. The summed E-state index contributed by atoms with van der Waals surface area (Å²) in [6.07, 6.45) is -15.0. The quantitative estimate of drug-likeness (QED) is 0.115. The van der Waals surface area contributed by atoms with E-state index in [2.05, 4.69) is 9.47 Å². The molecule has 0 rings (SSSR count). The zero-order valence-electron chi connectivity index (χ0n) is 17.0. The Morgan fingerprint density at radius 1 is 0.571 bits per heavy atom. The van der Waals surface area contributed by atoms with Gasteiger partial charge in [-0.2, -0.15) is 65.9 Å². The molecule has 0 saturated carbocycles. The van der Waals surface area contributed by atoms with Crippen molar-refractivity contribution in [2.75, 3.05) is 6.61 Å². The predicted octanol–water partition coefficient (Wildman–Crippen LogP) is 6.37. The topological polar surface area (TPSA) is 52.6 Å². The van der Waals surface area contributed by atoms with Gasteiger partial charge in [-0.1, -0.05) is 26.2 Å². The Morgan fingerprint density at radius 3 is 1.43 bits per heavy atom. The molecule has 0 saturated heterocycles. The van der Waals surface area contributed by atoms with E-state index in [-0.39, 0.29) is 6.42 Å². The summed E-state index contributed by atoms with van der Waals surface area (Å²) in [4.78, 5) is 22.3. The number of carbonyl (C=O) groups excluding carboxylic acids is 2. The average molecular weight is 556 g/mol. The Bertz CT molecular complexity index is 746. The van der Waals surface area contributed by atoms with Crippen molar-refractivity contribution < 1.29 is 84.9 Å².